The predicted molar refractivity (Wildman–Crippen MR) is 196 cm³/mol. The molecular formula is C40H63N3O8. The van der Waals surface area contributed by atoms with Gasteiger partial charge in [0.15, 0.2) is 5.78 Å². The molecule has 51 heavy (non-hydrogen) atoms. The van der Waals surface area contributed by atoms with Crippen molar-refractivity contribution in [3.63, 3.8) is 0 Å². The van der Waals surface area contributed by atoms with Gasteiger partial charge in [-0.15, -0.1) is 0 Å². The van der Waals surface area contributed by atoms with Crippen LogP contribution in [-0.4, -0.2) is 102 Å². The minimum atomic E-state index is -1.06. The normalized spacial score (nSPS) is 21.5. The Morgan fingerprint density at radius 2 is 1.67 bits per heavy atom. The third kappa shape index (κ3) is 9.84. The zero-order valence-corrected chi connectivity index (χ0v) is 32.5. The molecule has 0 bridgehead atoms. The van der Waals surface area contributed by atoms with Gasteiger partial charge >= 0.3 is 5.97 Å². The highest BCUT2D eigenvalue weighted by atomic mass is 16.5. The van der Waals surface area contributed by atoms with Crippen LogP contribution < -0.4 is 5.73 Å². The van der Waals surface area contributed by atoms with Crippen LogP contribution in [0.15, 0.2) is 24.3 Å². The van der Waals surface area contributed by atoms with Gasteiger partial charge in [-0.2, -0.15) is 0 Å². The molecule has 1 saturated heterocycles. The van der Waals surface area contributed by atoms with Crippen LogP contribution >= 0.6 is 0 Å². The van der Waals surface area contributed by atoms with E-state index in [4.69, 9.17) is 15.2 Å². The van der Waals surface area contributed by atoms with Crippen LogP contribution in [0, 0.1) is 29.6 Å². The third-order valence-electron chi connectivity index (χ3n) is 11.7. The smallest absolute Gasteiger partial charge is 0.307 e. The van der Waals surface area contributed by atoms with Gasteiger partial charge < -0.3 is 30.1 Å². The Hall–Kier alpha value is -3.15. The van der Waals surface area contributed by atoms with E-state index in [0.717, 1.165) is 24.0 Å². The molecule has 1 aromatic carbocycles. The molecule has 9 atom stereocenters. The van der Waals surface area contributed by atoms with Gasteiger partial charge in [-0.3, -0.25) is 24.0 Å². The van der Waals surface area contributed by atoms with Crippen molar-refractivity contribution in [2.45, 2.75) is 129 Å². The van der Waals surface area contributed by atoms with E-state index in [1.165, 1.54) is 7.11 Å². The second kappa shape index (κ2) is 18.1. The van der Waals surface area contributed by atoms with E-state index in [2.05, 4.69) is 0 Å². The molecule has 2 aliphatic rings. The molecule has 11 heteroatoms. The third-order valence-corrected chi connectivity index (χ3v) is 11.7. The topological polar surface area (TPSA) is 157 Å². The van der Waals surface area contributed by atoms with E-state index >= 15 is 0 Å². The lowest BCUT2D eigenvalue weighted by Crippen LogP contribution is -2.54. The molecule has 1 heterocycles. The number of carboxylic acid groups (broad SMARTS) is 1. The molecule has 9 unspecified atom stereocenters. The fourth-order valence-corrected chi connectivity index (χ4v) is 8.13. The Morgan fingerprint density at radius 1 is 1.02 bits per heavy atom. The Kier molecular flexibility index (Phi) is 15.0. The number of rotatable bonds is 20. The van der Waals surface area contributed by atoms with E-state index in [0.29, 0.717) is 19.4 Å². The number of likely N-dealkylation sites (tertiary alicyclic amines) is 1. The number of ether oxygens (including phenoxy) is 2. The maximum Gasteiger partial charge on any atom is 0.307 e. The summed E-state index contributed by atoms with van der Waals surface area (Å²) in [4.78, 5) is 70.5. The summed E-state index contributed by atoms with van der Waals surface area (Å²) in [6.45, 7) is 13.5. The van der Waals surface area contributed by atoms with Crippen LogP contribution in [0.2, 0.25) is 0 Å². The van der Waals surface area contributed by atoms with Gasteiger partial charge in [0.2, 0.25) is 11.8 Å². The lowest BCUT2D eigenvalue weighted by atomic mass is 9.68. The van der Waals surface area contributed by atoms with Crippen LogP contribution in [0.3, 0.4) is 0 Å². The van der Waals surface area contributed by atoms with Gasteiger partial charge in [0.1, 0.15) is 5.78 Å². The van der Waals surface area contributed by atoms with Crippen molar-refractivity contribution in [3.8, 4) is 0 Å². The fourth-order valence-electron chi connectivity index (χ4n) is 8.13. The average molecular weight is 714 g/mol. The molecule has 3 N–H and O–H groups in total. The van der Waals surface area contributed by atoms with Crippen molar-refractivity contribution < 1.29 is 38.6 Å². The van der Waals surface area contributed by atoms with Crippen molar-refractivity contribution >= 4 is 29.4 Å². The quantitative estimate of drug-likeness (QED) is 0.192. The number of nitrogens with zero attached hydrogens (tertiary/aromatic N) is 2. The number of carbonyl (C=O) groups excluding carboxylic acids is 4. The van der Waals surface area contributed by atoms with Gasteiger partial charge in [-0.25, -0.2) is 0 Å². The maximum atomic E-state index is 14.1. The van der Waals surface area contributed by atoms with Crippen LogP contribution in [0.5, 0.6) is 0 Å². The van der Waals surface area contributed by atoms with Crippen molar-refractivity contribution in [1.82, 2.24) is 9.80 Å². The average Bonchev–Trinajstić information content (AvgIpc) is 3.55. The molecule has 0 saturated carbocycles. The summed E-state index contributed by atoms with van der Waals surface area (Å²) in [6, 6.07) is 6.94. The summed E-state index contributed by atoms with van der Waals surface area (Å²) in [7, 11) is 4.81. The summed E-state index contributed by atoms with van der Waals surface area (Å²) in [5.74, 6) is -4.08. The van der Waals surface area contributed by atoms with Crippen LogP contribution in [0.4, 0.5) is 0 Å². The first-order chi connectivity index (χ1) is 23.9. The van der Waals surface area contributed by atoms with Crippen molar-refractivity contribution in [3.05, 3.63) is 35.4 Å². The molecule has 0 aromatic heterocycles. The Labute approximate surface area is 305 Å². The van der Waals surface area contributed by atoms with Crippen molar-refractivity contribution in [1.29, 1.82) is 0 Å². The molecule has 1 fully saturated rings. The first kappa shape index (κ1) is 42.3. The number of nitrogens with two attached hydrogens (primary N) is 1. The number of Topliss-reactive ketones (excluding diaryl/α,β-unsaturated/α-hetero) is 2. The first-order valence-electron chi connectivity index (χ1n) is 18.7. The number of likely N-dealkylation sites (N-methyl/N-ethyl adjacent to an activating group) is 1. The number of amides is 2. The number of carbonyl (C=O) groups is 5. The number of benzene rings is 1. The largest absolute Gasteiger partial charge is 0.481 e. The Balaban J connectivity index is 1.77. The maximum absolute atomic E-state index is 14.1. The highest BCUT2D eigenvalue weighted by molar-refractivity contribution is 5.92. The van der Waals surface area contributed by atoms with E-state index in [9.17, 15) is 29.1 Å². The molecule has 3 rings (SSSR count). The number of ketones is 2. The molecule has 286 valence electrons. The molecule has 0 radical (unpaired) electrons. The van der Waals surface area contributed by atoms with Crippen LogP contribution in [0.1, 0.15) is 104 Å². The standard InChI is InChI=1S/C40H63N3O8/c1-11-24(4)36(42(8)38(47)28(23(2)3)21-34(45)40(6,7)41)33(50-9)22-35(46)43-18-14-17-31(43)37(51-10)25(5)32(44)20-30(39(48)49)29-19-26-15-12-13-16-27(26)29/h12-13,15-16,23-25,28-31,33,36-37H,11,14,17-22,41H2,1-10H3,(H,48,49). The molecule has 1 aliphatic carbocycles. The minimum Gasteiger partial charge on any atom is -0.481 e. The van der Waals surface area contributed by atoms with Gasteiger partial charge in [-0.05, 0) is 56.1 Å². The second-order valence-electron chi connectivity index (χ2n) is 15.9. The molecule has 2 amide bonds. The van der Waals surface area contributed by atoms with E-state index in [-0.39, 0.29) is 66.4 Å². The predicted octanol–water partition coefficient (Wildman–Crippen LogP) is 4.88. The zero-order valence-electron chi connectivity index (χ0n) is 32.5. The van der Waals surface area contributed by atoms with Crippen molar-refractivity contribution in [2.24, 2.45) is 35.3 Å². The first-order valence-corrected chi connectivity index (χ1v) is 18.7. The number of hydrogen-bond donors (Lipinski definition) is 2. The SMILES string of the molecule is CCC(C)C(C(CC(=O)N1CCCC1C(OC)C(C)C(=O)CC(C(=O)O)C1Cc2ccccc21)OC)N(C)C(=O)C(CC(=O)C(C)(C)N)C(C)C. The summed E-state index contributed by atoms with van der Waals surface area (Å²) in [6.07, 6.45) is 1.45. The second-order valence-corrected chi connectivity index (χ2v) is 15.9. The summed E-state index contributed by atoms with van der Waals surface area (Å²) in [5.41, 5.74) is 7.13. The van der Waals surface area contributed by atoms with E-state index in [1.807, 2.05) is 52.0 Å². The van der Waals surface area contributed by atoms with Gasteiger partial charge in [-0.1, -0.05) is 65.3 Å². The summed E-state index contributed by atoms with van der Waals surface area (Å²) < 4.78 is 11.9. The number of carboxylic acids is 1. The van der Waals surface area contributed by atoms with Crippen molar-refractivity contribution in [2.75, 3.05) is 27.8 Å². The molecule has 11 nitrogen and oxygen atoms in total. The van der Waals surface area contributed by atoms with E-state index in [1.54, 1.807) is 44.7 Å². The highest BCUT2D eigenvalue weighted by Crippen LogP contribution is 2.42. The fraction of sp³-hybridized carbons (Fsp3) is 0.725. The minimum absolute atomic E-state index is 0.0155. The Bertz CT molecular complexity index is 1390. The monoisotopic (exact) mass is 713 g/mol. The van der Waals surface area contributed by atoms with Crippen LogP contribution in [0.25, 0.3) is 0 Å². The lowest BCUT2D eigenvalue weighted by Gasteiger charge is -2.41. The summed E-state index contributed by atoms with van der Waals surface area (Å²) in [5, 5.41) is 10.1. The van der Waals surface area contributed by atoms with Crippen LogP contribution in [-0.2, 0) is 39.9 Å². The molecular weight excluding hydrogens is 650 g/mol. The number of methoxy groups -OCH3 is 2. The molecule has 1 aliphatic heterocycles. The van der Waals surface area contributed by atoms with Gasteiger partial charge in [0.05, 0.1) is 42.2 Å². The number of fused-ring (bicyclic) bond motifs is 1. The van der Waals surface area contributed by atoms with Gasteiger partial charge in [0, 0.05) is 58.4 Å². The Morgan fingerprint density at radius 3 is 2.20 bits per heavy atom. The number of hydrogen-bond acceptors (Lipinski definition) is 8. The summed E-state index contributed by atoms with van der Waals surface area (Å²) >= 11 is 0. The highest BCUT2D eigenvalue weighted by Gasteiger charge is 2.45. The molecule has 0 spiro atoms. The zero-order chi connectivity index (χ0) is 38.4. The lowest BCUT2D eigenvalue weighted by molar-refractivity contribution is -0.149. The number of aliphatic carboxylic acids is 1. The molecule has 1 aromatic rings. The van der Waals surface area contributed by atoms with Gasteiger partial charge in [0.25, 0.3) is 0 Å². The van der Waals surface area contributed by atoms with E-state index < -0.39 is 47.5 Å².